The first-order valence-corrected chi connectivity index (χ1v) is 8.63. The molecule has 2 fully saturated rings. The van der Waals surface area contributed by atoms with Gasteiger partial charge in [-0.2, -0.15) is 11.8 Å². The molecule has 0 N–H and O–H groups in total. The van der Waals surface area contributed by atoms with Gasteiger partial charge in [-0.05, 0) is 5.92 Å². The minimum absolute atomic E-state index is 0.292. The van der Waals surface area contributed by atoms with Crippen LogP contribution in [0.5, 0.6) is 0 Å². The highest BCUT2D eigenvalue weighted by molar-refractivity contribution is 8.07. The van der Waals surface area contributed by atoms with Crippen LogP contribution >= 0.6 is 23.5 Å². The van der Waals surface area contributed by atoms with E-state index < -0.39 is 0 Å². The zero-order chi connectivity index (χ0) is 11.4. The van der Waals surface area contributed by atoms with Gasteiger partial charge < -0.3 is 0 Å². The molecule has 1 aliphatic heterocycles. The molecule has 0 aromatic heterocycles. The summed E-state index contributed by atoms with van der Waals surface area (Å²) in [6.07, 6.45) is 7.53. The van der Waals surface area contributed by atoms with Crippen LogP contribution in [0, 0.1) is 5.92 Å². The van der Waals surface area contributed by atoms with E-state index in [1.807, 2.05) is 23.5 Å². The Hall–Kier alpha value is 0.370. The zero-order valence-electron chi connectivity index (χ0n) is 10.1. The van der Waals surface area contributed by atoms with E-state index in [1.165, 1.54) is 37.9 Å². The smallest absolute Gasteiger partial charge is 0.147 e. The van der Waals surface area contributed by atoms with Gasteiger partial charge in [-0.25, -0.2) is 0 Å². The van der Waals surface area contributed by atoms with Gasteiger partial charge in [0, 0.05) is 23.2 Å². The predicted octanol–water partition coefficient (Wildman–Crippen LogP) is 3.76. The zero-order valence-corrected chi connectivity index (χ0v) is 11.7. The van der Waals surface area contributed by atoms with E-state index in [4.69, 9.17) is 0 Å². The van der Waals surface area contributed by atoms with Crippen LogP contribution in [-0.4, -0.2) is 27.8 Å². The Morgan fingerprint density at radius 3 is 2.50 bits per heavy atom. The average molecular weight is 258 g/mol. The standard InChI is InChI=1S/C13H22OS2/c1-10-13(16-8-7-15-10)12(14)9-11-5-3-2-4-6-11/h10-11,13H,2-9H2,1H3. The second kappa shape index (κ2) is 6.34. The number of carbonyl (C=O) groups is 1. The molecule has 1 heterocycles. The first-order valence-electron chi connectivity index (χ1n) is 6.53. The summed E-state index contributed by atoms with van der Waals surface area (Å²) in [6.45, 7) is 2.22. The molecule has 2 atom stereocenters. The molecule has 1 saturated heterocycles. The monoisotopic (exact) mass is 258 g/mol. The molecular formula is C13H22OS2. The van der Waals surface area contributed by atoms with Crippen molar-refractivity contribution in [2.24, 2.45) is 5.92 Å². The molecule has 92 valence electrons. The van der Waals surface area contributed by atoms with Gasteiger partial charge in [0.25, 0.3) is 0 Å². The molecule has 3 heteroatoms. The van der Waals surface area contributed by atoms with Gasteiger partial charge in [0.05, 0.1) is 5.25 Å². The number of rotatable bonds is 3. The van der Waals surface area contributed by atoms with E-state index in [1.54, 1.807) is 0 Å². The van der Waals surface area contributed by atoms with E-state index in [9.17, 15) is 4.79 Å². The van der Waals surface area contributed by atoms with Crippen molar-refractivity contribution in [2.45, 2.75) is 55.9 Å². The second-order valence-electron chi connectivity index (χ2n) is 5.04. The molecule has 0 aromatic carbocycles. The van der Waals surface area contributed by atoms with Crippen LogP contribution in [0.15, 0.2) is 0 Å². The molecule has 0 aromatic rings. The fourth-order valence-corrected chi connectivity index (χ4v) is 5.53. The van der Waals surface area contributed by atoms with Crippen molar-refractivity contribution in [1.82, 2.24) is 0 Å². The Kier molecular flexibility index (Phi) is 5.08. The Bertz CT molecular complexity index is 236. The molecule has 0 radical (unpaired) electrons. The summed E-state index contributed by atoms with van der Waals surface area (Å²) < 4.78 is 0. The summed E-state index contributed by atoms with van der Waals surface area (Å²) in [5, 5.41) is 0.829. The molecule has 16 heavy (non-hydrogen) atoms. The summed E-state index contributed by atoms with van der Waals surface area (Å²) >= 11 is 3.87. The highest BCUT2D eigenvalue weighted by atomic mass is 32.2. The largest absolute Gasteiger partial charge is 0.298 e. The Morgan fingerprint density at radius 1 is 1.12 bits per heavy atom. The van der Waals surface area contributed by atoms with Crippen molar-refractivity contribution in [3.8, 4) is 0 Å². The van der Waals surface area contributed by atoms with Gasteiger partial charge in [0.2, 0.25) is 0 Å². The van der Waals surface area contributed by atoms with Crippen LogP contribution in [0.3, 0.4) is 0 Å². The first-order chi connectivity index (χ1) is 7.77. The van der Waals surface area contributed by atoms with Crippen molar-refractivity contribution in [2.75, 3.05) is 11.5 Å². The summed E-state index contributed by atoms with van der Waals surface area (Å²) in [5.74, 6) is 3.63. The van der Waals surface area contributed by atoms with Crippen LogP contribution in [-0.2, 0) is 4.79 Å². The lowest BCUT2D eigenvalue weighted by Gasteiger charge is -2.29. The van der Waals surface area contributed by atoms with Crippen molar-refractivity contribution in [1.29, 1.82) is 0 Å². The Labute approximate surface area is 108 Å². The first kappa shape index (κ1) is 12.8. The quantitative estimate of drug-likeness (QED) is 0.767. The molecule has 0 spiro atoms. The van der Waals surface area contributed by atoms with Gasteiger partial charge in [0.1, 0.15) is 5.78 Å². The van der Waals surface area contributed by atoms with Crippen LogP contribution in [0.25, 0.3) is 0 Å². The van der Waals surface area contributed by atoms with Gasteiger partial charge in [0.15, 0.2) is 0 Å². The summed E-state index contributed by atoms with van der Waals surface area (Å²) in [4.78, 5) is 12.2. The molecule has 1 nitrogen and oxygen atoms in total. The van der Waals surface area contributed by atoms with Crippen LogP contribution in [0.2, 0.25) is 0 Å². The third-order valence-electron chi connectivity index (χ3n) is 3.72. The molecule has 1 saturated carbocycles. The van der Waals surface area contributed by atoms with Crippen molar-refractivity contribution in [3.05, 3.63) is 0 Å². The molecular weight excluding hydrogens is 236 g/mol. The Balaban J connectivity index is 1.81. The van der Waals surface area contributed by atoms with Crippen molar-refractivity contribution >= 4 is 29.3 Å². The summed E-state index contributed by atoms with van der Waals surface area (Å²) in [5.41, 5.74) is 0. The number of Topliss-reactive ketones (excluding diaryl/α,β-unsaturated/α-hetero) is 1. The van der Waals surface area contributed by atoms with Crippen LogP contribution in [0.4, 0.5) is 0 Å². The molecule has 0 bridgehead atoms. The normalized spacial score (nSPS) is 32.6. The minimum Gasteiger partial charge on any atom is -0.298 e. The van der Waals surface area contributed by atoms with Crippen molar-refractivity contribution in [3.63, 3.8) is 0 Å². The number of hydrogen-bond donors (Lipinski definition) is 0. The molecule has 1 aliphatic carbocycles. The fraction of sp³-hybridized carbons (Fsp3) is 0.923. The maximum Gasteiger partial charge on any atom is 0.147 e. The topological polar surface area (TPSA) is 17.1 Å². The third-order valence-corrected chi connectivity index (χ3v) is 6.86. The lowest BCUT2D eigenvalue weighted by molar-refractivity contribution is -0.119. The van der Waals surface area contributed by atoms with E-state index in [0.29, 0.717) is 22.2 Å². The maximum absolute atomic E-state index is 12.2. The molecule has 2 rings (SSSR count). The third kappa shape index (κ3) is 3.43. The highest BCUT2D eigenvalue weighted by Crippen LogP contribution is 2.34. The summed E-state index contributed by atoms with van der Waals surface area (Å²) in [7, 11) is 0. The van der Waals surface area contributed by atoms with Crippen LogP contribution < -0.4 is 0 Å². The number of ketones is 1. The van der Waals surface area contributed by atoms with Gasteiger partial charge >= 0.3 is 0 Å². The minimum atomic E-state index is 0.292. The second-order valence-corrected chi connectivity index (χ2v) is 7.78. The van der Waals surface area contributed by atoms with Gasteiger partial charge in [-0.3, -0.25) is 4.79 Å². The van der Waals surface area contributed by atoms with Gasteiger partial charge in [-0.15, -0.1) is 11.8 Å². The average Bonchev–Trinajstić information content (AvgIpc) is 2.31. The van der Waals surface area contributed by atoms with E-state index in [2.05, 4.69) is 6.92 Å². The van der Waals surface area contributed by atoms with Crippen LogP contribution in [0.1, 0.15) is 45.4 Å². The number of hydrogen-bond acceptors (Lipinski definition) is 3. The maximum atomic E-state index is 12.2. The summed E-state index contributed by atoms with van der Waals surface area (Å²) in [6, 6.07) is 0. The van der Waals surface area contributed by atoms with E-state index >= 15 is 0 Å². The fourth-order valence-electron chi connectivity index (χ4n) is 2.78. The molecule has 0 amide bonds. The highest BCUT2D eigenvalue weighted by Gasteiger charge is 2.30. The predicted molar refractivity (Wildman–Crippen MR) is 74.4 cm³/mol. The molecule has 2 aliphatic rings. The van der Waals surface area contributed by atoms with E-state index in [0.717, 1.165) is 12.2 Å². The lowest BCUT2D eigenvalue weighted by Crippen LogP contribution is -2.32. The number of thioether (sulfide) groups is 2. The van der Waals surface area contributed by atoms with Crippen molar-refractivity contribution < 1.29 is 4.79 Å². The molecule has 2 unspecified atom stereocenters. The van der Waals surface area contributed by atoms with Gasteiger partial charge in [-0.1, -0.05) is 39.0 Å². The Morgan fingerprint density at radius 2 is 1.81 bits per heavy atom. The number of carbonyl (C=O) groups excluding carboxylic acids is 1. The lowest BCUT2D eigenvalue weighted by atomic mass is 9.85. The van der Waals surface area contributed by atoms with E-state index in [-0.39, 0.29) is 0 Å². The SMILES string of the molecule is CC1SCCSC1C(=O)CC1CCCCC1.